The largest absolute Gasteiger partial charge is 0.493 e. The molecule has 26 heavy (non-hydrogen) atoms. The Hall–Kier alpha value is -1.44. The highest BCUT2D eigenvalue weighted by molar-refractivity contribution is 7.99. The van der Waals surface area contributed by atoms with Crippen LogP contribution in [0.3, 0.4) is 0 Å². The van der Waals surface area contributed by atoms with Crippen molar-refractivity contribution in [3.8, 4) is 11.5 Å². The Bertz CT molecular complexity index is 571. The maximum absolute atomic E-state index is 12.2. The topological polar surface area (TPSA) is 68.8 Å². The molecule has 146 valence electrons. The van der Waals surface area contributed by atoms with Crippen molar-refractivity contribution in [2.45, 2.75) is 24.2 Å². The van der Waals surface area contributed by atoms with Crippen LogP contribution in [0.2, 0.25) is 0 Å². The van der Waals surface area contributed by atoms with Crippen LogP contribution in [0.4, 0.5) is 0 Å². The van der Waals surface area contributed by atoms with Crippen molar-refractivity contribution in [3.63, 3.8) is 0 Å². The molecule has 1 aromatic carbocycles. The minimum atomic E-state index is 0.0617. The molecule has 1 saturated heterocycles. The van der Waals surface area contributed by atoms with Crippen molar-refractivity contribution in [1.82, 2.24) is 10.6 Å². The summed E-state index contributed by atoms with van der Waals surface area (Å²) in [6.07, 6.45) is 2.54. The number of carbonyl (C=O) groups is 1. The van der Waals surface area contributed by atoms with E-state index in [2.05, 4.69) is 10.6 Å². The van der Waals surface area contributed by atoms with Crippen molar-refractivity contribution >= 4 is 17.7 Å². The fourth-order valence-corrected chi connectivity index (χ4v) is 4.06. The molecule has 0 aliphatic carbocycles. The first-order chi connectivity index (χ1) is 12.6. The molecule has 6 nitrogen and oxygen atoms in total. The Kier molecular flexibility index (Phi) is 8.54. The summed E-state index contributed by atoms with van der Waals surface area (Å²) >= 11 is 1.64. The highest BCUT2D eigenvalue weighted by atomic mass is 32.2. The van der Waals surface area contributed by atoms with Gasteiger partial charge in [-0.15, -0.1) is 11.8 Å². The highest BCUT2D eigenvalue weighted by Crippen LogP contribution is 2.32. The van der Waals surface area contributed by atoms with Crippen LogP contribution in [-0.4, -0.2) is 59.2 Å². The van der Waals surface area contributed by atoms with Gasteiger partial charge in [-0.2, -0.15) is 0 Å². The third kappa shape index (κ3) is 6.07. The number of ether oxygens (including phenoxy) is 3. The van der Waals surface area contributed by atoms with Gasteiger partial charge in [0.15, 0.2) is 11.5 Å². The molecule has 7 heteroatoms. The number of thioether (sulfide) groups is 1. The van der Waals surface area contributed by atoms with Crippen LogP contribution in [0.5, 0.6) is 11.5 Å². The first-order valence-corrected chi connectivity index (χ1v) is 9.92. The Balaban J connectivity index is 1.76. The van der Waals surface area contributed by atoms with E-state index in [9.17, 15) is 4.79 Å². The Morgan fingerprint density at radius 2 is 1.92 bits per heavy atom. The zero-order valence-electron chi connectivity index (χ0n) is 15.9. The van der Waals surface area contributed by atoms with E-state index < -0.39 is 0 Å². The van der Waals surface area contributed by atoms with Crippen LogP contribution >= 0.6 is 11.8 Å². The molecular formula is C19H30N2O4S. The van der Waals surface area contributed by atoms with Crippen molar-refractivity contribution < 1.29 is 19.0 Å². The van der Waals surface area contributed by atoms with Gasteiger partial charge in [-0.3, -0.25) is 4.79 Å². The van der Waals surface area contributed by atoms with Crippen molar-refractivity contribution in [2.24, 2.45) is 5.41 Å². The van der Waals surface area contributed by atoms with Crippen molar-refractivity contribution in [1.29, 1.82) is 0 Å². The smallest absolute Gasteiger partial charge is 0.220 e. The van der Waals surface area contributed by atoms with Gasteiger partial charge in [0, 0.05) is 36.1 Å². The van der Waals surface area contributed by atoms with Gasteiger partial charge in [0.05, 0.1) is 20.8 Å². The number of benzene rings is 1. The fraction of sp³-hybridized carbons (Fsp3) is 0.632. The lowest BCUT2D eigenvalue weighted by Crippen LogP contribution is -2.47. The van der Waals surface area contributed by atoms with Gasteiger partial charge in [0.25, 0.3) is 0 Å². The van der Waals surface area contributed by atoms with Crippen LogP contribution in [0, 0.1) is 5.41 Å². The van der Waals surface area contributed by atoms with Crippen LogP contribution in [0.25, 0.3) is 0 Å². The molecule has 0 spiro atoms. The summed E-state index contributed by atoms with van der Waals surface area (Å²) in [6.45, 7) is 3.33. The summed E-state index contributed by atoms with van der Waals surface area (Å²) in [5.41, 5.74) is 0.0617. The molecule has 1 aliphatic heterocycles. The number of nitrogens with one attached hydrogen (secondary N) is 2. The molecule has 1 amide bonds. The van der Waals surface area contributed by atoms with Crippen molar-refractivity contribution in [3.05, 3.63) is 18.2 Å². The Morgan fingerprint density at radius 1 is 1.19 bits per heavy atom. The van der Waals surface area contributed by atoms with E-state index in [1.54, 1.807) is 33.1 Å². The lowest BCUT2D eigenvalue weighted by molar-refractivity contribution is -0.121. The summed E-state index contributed by atoms with van der Waals surface area (Å²) in [5, 5.41) is 6.47. The van der Waals surface area contributed by atoms with Gasteiger partial charge in [-0.25, -0.2) is 0 Å². The molecule has 0 unspecified atom stereocenters. The predicted octanol–water partition coefficient (Wildman–Crippen LogP) is 2.32. The number of rotatable bonds is 10. The first kappa shape index (κ1) is 20.9. The molecule has 0 atom stereocenters. The number of amides is 1. The molecular weight excluding hydrogens is 352 g/mol. The molecule has 2 N–H and O–H groups in total. The van der Waals surface area contributed by atoms with Crippen LogP contribution < -0.4 is 20.1 Å². The highest BCUT2D eigenvalue weighted by Gasteiger charge is 2.32. The SMILES string of the molecule is COCC1(CNC(=O)CCSc2ccc(OC)c(OC)c2)CCNCC1. The van der Waals surface area contributed by atoms with Gasteiger partial charge in [0.2, 0.25) is 5.91 Å². The summed E-state index contributed by atoms with van der Waals surface area (Å²) in [7, 11) is 4.97. The van der Waals surface area contributed by atoms with E-state index >= 15 is 0 Å². The van der Waals surface area contributed by atoms with E-state index in [0.29, 0.717) is 31.1 Å². The second-order valence-corrected chi connectivity index (χ2v) is 7.74. The van der Waals surface area contributed by atoms with Crippen LogP contribution in [-0.2, 0) is 9.53 Å². The lowest BCUT2D eigenvalue weighted by Gasteiger charge is -2.37. The average Bonchev–Trinajstić information content (AvgIpc) is 2.67. The van der Waals surface area contributed by atoms with E-state index in [-0.39, 0.29) is 11.3 Å². The minimum absolute atomic E-state index is 0.0617. The first-order valence-electron chi connectivity index (χ1n) is 8.94. The minimum Gasteiger partial charge on any atom is -0.493 e. The zero-order chi connectivity index (χ0) is 18.8. The molecule has 1 aromatic rings. The van der Waals surface area contributed by atoms with Gasteiger partial charge >= 0.3 is 0 Å². The number of piperidine rings is 1. The summed E-state index contributed by atoms with van der Waals surface area (Å²) in [4.78, 5) is 13.3. The standard InChI is InChI=1S/C19H30N2O4S/c1-23-14-19(7-9-20-10-8-19)13-21-18(22)6-11-26-15-4-5-16(24-2)17(12-15)25-3/h4-5,12,20H,6-11,13-14H2,1-3H3,(H,21,22). The second kappa shape index (κ2) is 10.6. The van der Waals surface area contributed by atoms with Gasteiger partial charge in [0.1, 0.15) is 0 Å². The molecule has 1 heterocycles. The van der Waals surface area contributed by atoms with Gasteiger partial charge in [-0.05, 0) is 44.1 Å². The maximum atomic E-state index is 12.2. The normalized spacial score (nSPS) is 16.1. The zero-order valence-corrected chi connectivity index (χ0v) is 16.7. The summed E-state index contributed by atoms with van der Waals surface area (Å²) in [6, 6.07) is 5.80. The van der Waals surface area contributed by atoms with E-state index in [1.165, 1.54) is 0 Å². The van der Waals surface area contributed by atoms with Crippen molar-refractivity contribution in [2.75, 3.05) is 53.3 Å². The summed E-state index contributed by atoms with van der Waals surface area (Å²) in [5.74, 6) is 2.22. The van der Waals surface area contributed by atoms with Gasteiger partial charge < -0.3 is 24.8 Å². The van der Waals surface area contributed by atoms with E-state index in [1.807, 2.05) is 18.2 Å². The molecule has 0 saturated carbocycles. The third-order valence-corrected chi connectivity index (χ3v) is 5.72. The van der Waals surface area contributed by atoms with E-state index in [4.69, 9.17) is 14.2 Å². The number of hydrogen-bond donors (Lipinski definition) is 2. The number of hydrogen-bond acceptors (Lipinski definition) is 6. The Morgan fingerprint density at radius 3 is 2.58 bits per heavy atom. The second-order valence-electron chi connectivity index (χ2n) is 6.57. The lowest BCUT2D eigenvalue weighted by atomic mass is 9.79. The Labute approximate surface area is 160 Å². The molecule has 2 rings (SSSR count). The molecule has 1 aliphatic rings. The average molecular weight is 383 g/mol. The van der Waals surface area contributed by atoms with E-state index in [0.717, 1.165) is 36.6 Å². The maximum Gasteiger partial charge on any atom is 0.220 e. The molecule has 0 bridgehead atoms. The van der Waals surface area contributed by atoms with Crippen LogP contribution in [0.1, 0.15) is 19.3 Å². The predicted molar refractivity (Wildman–Crippen MR) is 104 cm³/mol. The monoisotopic (exact) mass is 382 g/mol. The number of methoxy groups -OCH3 is 3. The quantitative estimate of drug-likeness (QED) is 0.606. The van der Waals surface area contributed by atoms with Crippen LogP contribution in [0.15, 0.2) is 23.1 Å². The molecule has 1 fully saturated rings. The molecule has 0 aromatic heterocycles. The van der Waals surface area contributed by atoms with Gasteiger partial charge in [-0.1, -0.05) is 0 Å². The fourth-order valence-electron chi connectivity index (χ4n) is 3.18. The summed E-state index contributed by atoms with van der Waals surface area (Å²) < 4.78 is 15.9. The number of carbonyl (C=O) groups excluding carboxylic acids is 1. The third-order valence-electron chi connectivity index (χ3n) is 4.73. The molecule has 0 radical (unpaired) electrons.